The average molecular weight is 340 g/mol. The lowest BCUT2D eigenvalue weighted by atomic mass is 10.1. The van der Waals surface area contributed by atoms with E-state index >= 15 is 0 Å². The zero-order chi connectivity index (χ0) is 16.7. The van der Waals surface area contributed by atoms with E-state index in [1.807, 2.05) is 25.1 Å². The zero-order valence-corrected chi connectivity index (χ0v) is 14.1. The Hall–Kier alpha value is -2.27. The average Bonchev–Trinajstić information content (AvgIpc) is 3.31. The normalized spacial score (nSPS) is 15.2. The molecule has 5 heteroatoms. The summed E-state index contributed by atoms with van der Waals surface area (Å²) in [5.74, 6) is 0.129. The first-order valence-corrected chi connectivity index (χ1v) is 8.87. The summed E-state index contributed by atoms with van der Waals surface area (Å²) < 4.78 is 16.4. The fourth-order valence-electron chi connectivity index (χ4n) is 2.83. The number of rotatable bonds is 3. The van der Waals surface area contributed by atoms with Crippen LogP contribution in [0.5, 0.6) is 0 Å². The Bertz CT molecular complexity index is 998. The Labute approximate surface area is 143 Å². The van der Waals surface area contributed by atoms with Crippen molar-refractivity contribution in [2.75, 3.05) is 0 Å². The summed E-state index contributed by atoms with van der Waals surface area (Å²) in [6.07, 6.45) is 2.41. The van der Waals surface area contributed by atoms with E-state index < -0.39 is 0 Å². The maximum atomic E-state index is 13.5. The van der Waals surface area contributed by atoms with Crippen molar-refractivity contribution >= 4 is 27.5 Å². The predicted octanol–water partition coefficient (Wildman–Crippen LogP) is 4.30. The SMILES string of the molecule is Cc1ccccc1C(=O)/N=c1\sc2cc(F)ccc2n1CC1CC1. The molecule has 0 radical (unpaired) electrons. The van der Waals surface area contributed by atoms with Gasteiger partial charge < -0.3 is 4.57 Å². The molecule has 0 aliphatic heterocycles. The van der Waals surface area contributed by atoms with Crippen LogP contribution < -0.4 is 4.80 Å². The molecule has 3 nitrogen and oxygen atoms in total. The summed E-state index contributed by atoms with van der Waals surface area (Å²) in [7, 11) is 0. The van der Waals surface area contributed by atoms with E-state index in [4.69, 9.17) is 0 Å². The summed E-state index contributed by atoms with van der Waals surface area (Å²) in [6, 6.07) is 12.2. The highest BCUT2D eigenvalue weighted by molar-refractivity contribution is 7.16. The van der Waals surface area contributed by atoms with Gasteiger partial charge in [-0.3, -0.25) is 4.79 Å². The Morgan fingerprint density at radius 1 is 1.29 bits per heavy atom. The second-order valence-electron chi connectivity index (χ2n) is 6.28. The lowest BCUT2D eigenvalue weighted by molar-refractivity contribution is 0.0997. The number of thiazole rings is 1. The van der Waals surface area contributed by atoms with Crippen LogP contribution in [0, 0.1) is 18.7 Å². The summed E-state index contributed by atoms with van der Waals surface area (Å²) in [6.45, 7) is 2.74. The van der Waals surface area contributed by atoms with Crippen molar-refractivity contribution in [1.29, 1.82) is 0 Å². The van der Waals surface area contributed by atoms with Gasteiger partial charge in [0, 0.05) is 12.1 Å². The van der Waals surface area contributed by atoms with Crippen molar-refractivity contribution in [3.05, 3.63) is 64.2 Å². The standard InChI is InChI=1S/C19H17FN2OS/c1-12-4-2-3-5-15(12)18(23)21-19-22(11-13-6-7-13)16-9-8-14(20)10-17(16)24-19/h2-5,8-10,13H,6-7,11H2,1H3/b21-19-. The minimum atomic E-state index is -0.265. The molecule has 0 N–H and O–H groups in total. The lowest BCUT2D eigenvalue weighted by Gasteiger charge is -2.04. The first-order valence-electron chi connectivity index (χ1n) is 8.05. The number of halogens is 1. The lowest BCUT2D eigenvalue weighted by Crippen LogP contribution is -2.18. The van der Waals surface area contributed by atoms with Gasteiger partial charge >= 0.3 is 0 Å². The fraction of sp³-hybridized carbons (Fsp3) is 0.263. The van der Waals surface area contributed by atoms with Gasteiger partial charge in [-0.1, -0.05) is 29.5 Å². The highest BCUT2D eigenvalue weighted by atomic mass is 32.1. The van der Waals surface area contributed by atoms with Gasteiger partial charge in [0.1, 0.15) is 5.82 Å². The summed E-state index contributed by atoms with van der Waals surface area (Å²) in [4.78, 5) is 17.6. The molecule has 122 valence electrons. The van der Waals surface area contributed by atoms with Crippen LogP contribution in [0.2, 0.25) is 0 Å². The number of amides is 1. The Morgan fingerprint density at radius 3 is 2.83 bits per heavy atom. The van der Waals surface area contributed by atoms with Crippen LogP contribution in [0.3, 0.4) is 0 Å². The van der Waals surface area contributed by atoms with Gasteiger partial charge in [0.15, 0.2) is 4.80 Å². The van der Waals surface area contributed by atoms with E-state index in [9.17, 15) is 9.18 Å². The topological polar surface area (TPSA) is 34.4 Å². The molecule has 1 saturated carbocycles. The third-order valence-corrected chi connectivity index (χ3v) is 5.40. The number of benzene rings is 2. The summed E-state index contributed by atoms with van der Waals surface area (Å²) in [5.41, 5.74) is 2.47. The van der Waals surface area contributed by atoms with Crippen LogP contribution in [0.25, 0.3) is 10.2 Å². The van der Waals surface area contributed by atoms with Gasteiger partial charge in [-0.2, -0.15) is 4.99 Å². The van der Waals surface area contributed by atoms with Gasteiger partial charge in [-0.15, -0.1) is 0 Å². The van der Waals surface area contributed by atoms with E-state index in [0.717, 1.165) is 22.3 Å². The third-order valence-electron chi connectivity index (χ3n) is 4.36. The molecule has 1 aliphatic rings. The monoisotopic (exact) mass is 340 g/mol. The maximum Gasteiger partial charge on any atom is 0.279 e. The minimum Gasteiger partial charge on any atom is -0.316 e. The largest absolute Gasteiger partial charge is 0.316 e. The van der Waals surface area contributed by atoms with Crippen LogP contribution in [0.15, 0.2) is 47.5 Å². The number of nitrogens with zero attached hydrogens (tertiary/aromatic N) is 2. The Balaban J connectivity index is 1.85. The molecule has 0 unspecified atom stereocenters. The fourth-order valence-corrected chi connectivity index (χ4v) is 3.89. The molecule has 4 rings (SSSR count). The smallest absolute Gasteiger partial charge is 0.279 e. The van der Waals surface area contributed by atoms with Crippen LogP contribution in [-0.2, 0) is 6.54 Å². The maximum absolute atomic E-state index is 13.5. The number of aromatic nitrogens is 1. The van der Waals surface area contributed by atoms with Crippen LogP contribution in [0.1, 0.15) is 28.8 Å². The van der Waals surface area contributed by atoms with Crippen molar-refractivity contribution in [2.24, 2.45) is 10.9 Å². The molecule has 1 amide bonds. The van der Waals surface area contributed by atoms with Crippen molar-refractivity contribution in [2.45, 2.75) is 26.3 Å². The summed E-state index contributed by atoms with van der Waals surface area (Å²) in [5, 5.41) is 0. The molecule has 1 fully saturated rings. The minimum absolute atomic E-state index is 0.246. The van der Waals surface area contributed by atoms with Crippen molar-refractivity contribution < 1.29 is 9.18 Å². The van der Waals surface area contributed by atoms with Crippen LogP contribution >= 0.6 is 11.3 Å². The molecule has 0 bridgehead atoms. The van der Waals surface area contributed by atoms with Gasteiger partial charge in [0.2, 0.25) is 0 Å². The van der Waals surface area contributed by atoms with Crippen molar-refractivity contribution in [1.82, 2.24) is 4.57 Å². The predicted molar refractivity (Wildman–Crippen MR) is 93.6 cm³/mol. The zero-order valence-electron chi connectivity index (χ0n) is 13.3. The Kier molecular flexibility index (Phi) is 3.81. The molecule has 2 aromatic carbocycles. The highest BCUT2D eigenvalue weighted by Crippen LogP contribution is 2.32. The van der Waals surface area contributed by atoms with Crippen molar-refractivity contribution in [3.8, 4) is 0 Å². The van der Waals surface area contributed by atoms with Crippen LogP contribution in [0.4, 0.5) is 4.39 Å². The first kappa shape index (κ1) is 15.3. The van der Waals surface area contributed by atoms with E-state index in [2.05, 4.69) is 9.56 Å². The van der Waals surface area contributed by atoms with Gasteiger partial charge in [0.25, 0.3) is 5.91 Å². The van der Waals surface area contributed by atoms with E-state index in [0.29, 0.717) is 16.3 Å². The molecule has 0 saturated heterocycles. The van der Waals surface area contributed by atoms with Crippen molar-refractivity contribution in [3.63, 3.8) is 0 Å². The van der Waals surface area contributed by atoms with Gasteiger partial charge in [0.05, 0.1) is 10.2 Å². The molecule has 3 aromatic rings. The second-order valence-corrected chi connectivity index (χ2v) is 7.29. The van der Waals surface area contributed by atoms with Crippen LogP contribution in [-0.4, -0.2) is 10.5 Å². The number of fused-ring (bicyclic) bond motifs is 1. The number of hydrogen-bond donors (Lipinski definition) is 0. The van der Waals surface area contributed by atoms with Gasteiger partial charge in [-0.25, -0.2) is 4.39 Å². The molecule has 1 aliphatic carbocycles. The van der Waals surface area contributed by atoms with E-state index in [1.165, 1.54) is 36.3 Å². The quantitative estimate of drug-likeness (QED) is 0.700. The molecule has 1 heterocycles. The highest BCUT2D eigenvalue weighted by Gasteiger charge is 2.23. The van der Waals surface area contributed by atoms with E-state index in [1.54, 1.807) is 12.1 Å². The molecule has 1 aromatic heterocycles. The third kappa shape index (κ3) is 2.91. The molecule has 24 heavy (non-hydrogen) atoms. The first-order chi connectivity index (χ1) is 11.6. The summed E-state index contributed by atoms with van der Waals surface area (Å²) >= 11 is 1.37. The number of carbonyl (C=O) groups is 1. The molecular weight excluding hydrogens is 323 g/mol. The second kappa shape index (κ2) is 5.98. The van der Waals surface area contributed by atoms with Gasteiger partial charge in [-0.05, 0) is 55.5 Å². The number of aryl methyl sites for hydroxylation is 1. The molecule has 0 atom stereocenters. The number of hydrogen-bond acceptors (Lipinski definition) is 2. The molecular formula is C19H17FN2OS. The molecule has 0 spiro atoms. The number of carbonyl (C=O) groups excluding carboxylic acids is 1. The van der Waals surface area contributed by atoms with E-state index in [-0.39, 0.29) is 11.7 Å². The Morgan fingerprint density at radius 2 is 2.08 bits per heavy atom.